The highest BCUT2D eigenvalue weighted by molar-refractivity contribution is 5.92. The molecule has 1 aliphatic rings. The van der Waals surface area contributed by atoms with E-state index in [0.29, 0.717) is 5.96 Å². The van der Waals surface area contributed by atoms with Gasteiger partial charge in [-0.2, -0.15) is 0 Å². The summed E-state index contributed by atoms with van der Waals surface area (Å²) in [5.74, 6) is 0.429. The molecule has 0 atom stereocenters. The summed E-state index contributed by atoms with van der Waals surface area (Å²) in [5, 5.41) is 3.05. The number of nitrogens with two attached hydrogens (primary N) is 1. The van der Waals surface area contributed by atoms with Gasteiger partial charge in [-0.15, -0.1) is 0 Å². The van der Waals surface area contributed by atoms with Crippen LogP contribution in [-0.2, 0) is 11.3 Å². The van der Waals surface area contributed by atoms with Crippen LogP contribution in [0.25, 0.3) is 0 Å². The molecule has 1 saturated heterocycles. The van der Waals surface area contributed by atoms with Gasteiger partial charge in [0, 0.05) is 32.4 Å². The Morgan fingerprint density at radius 1 is 1.44 bits per heavy atom. The first-order valence-corrected chi connectivity index (χ1v) is 6.16. The Morgan fingerprint density at radius 2 is 2.22 bits per heavy atom. The fourth-order valence-electron chi connectivity index (χ4n) is 1.97. The van der Waals surface area contributed by atoms with Crippen LogP contribution in [0.1, 0.15) is 5.56 Å². The highest BCUT2D eigenvalue weighted by atomic mass is 16.5. The molecule has 1 heterocycles. The fraction of sp³-hybridized carbons (Fsp3) is 0.462. The molecular weight excluding hydrogens is 228 g/mol. The maximum Gasteiger partial charge on any atom is 0.192 e. The van der Waals surface area contributed by atoms with Crippen LogP contribution in [-0.4, -0.2) is 44.2 Å². The minimum atomic E-state index is 0.429. The molecule has 0 radical (unpaired) electrons. The van der Waals surface area contributed by atoms with Crippen molar-refractivity contribution < 1.29 is 4.74 Å². The summed E-state index contributed by atoms with van der Waals surface area (Å²) in [6, 6.07) is 8.25. The summed E-state index contributed by atoms with van der Waals surface area (Å²) in [6.07, 6.45) is 0. The quantitative estimate of drug-likeness (QED) is 0.615. The van der Waals surface area contributed by atoms with E-state index in [1.54, 1.807) is 7.05 Å². The van der Waals surface area contributed by atoms with Crippen LogP contribution in [0.15, 0.2) is 29.3 Å². The van der Waals surface area contributed by atoms with Gasteiger partial charge in [0.05, 0.1) is 13.2 Å². The van der Waals surface area contributed by atoms with Gasteiger partial charge in [-0.05, 0) is 17.7 Å². The first-order chi connectivity index (χ1) is 8.78. The molecule has 0 spiro atoms. The van der Waals surface area contributed by atoms with Crippen molar-refractivity contribution in [2.24, 2.45) is 10.7 Å². The van der Waals surface area contributed by atoms with Crippen LogP contribution in [0, 0.1) is 0 Å². The number of anilines is 1. The zero-order chi connectivity index (χ0) is 12.8. The number of hydrogen-bond donors (Lipinski definition) is 2. The zero-order valence-electron chi connectivity index (χ0n) is 10.7. The molecule has 5 nitrogen and oxygen atoms in total. The van der Waals surface area contributed by atoms with Crippen LogP contribution < -0.4 is 11.1 Å². The van der Waals surface area contributed by atoms with Gasteiger partial charge in [-0.3, -0.25) is 9.89 Å². The predicted octanol–water partition coefficient (Wildman–Crippen LogP) is 0.875. The summed E-state index contributed by atoms with van der Waals surface area (Å²) < 4.78 is 5.34. The lowest BCUT2D eigenvalue weighted by Gasteiger charge is -2.26. The fourth-order valence-corrected chi connectivity index (χ4v) is 1.97. The molecule has 0 saturated carbocycles. The van der Waals surface area contributed by atoms with Crippen molar-refractivity contribution in [3.63, 3.8) is 0 Å². The molecule has 1 aliphatic heterocycles. The number of aliphatic imine (C=N–C) groups is 1. The zero-order valence-corrected chi connectivity index (χ0v) is 10.7. The molecular formula is C13H20N4O. The van der Waals surface area contributed by atoms with Crippen LogP contribution in [0.3, 0.4) is 0 Å². The number of nitrogens with one attached hydrogen (secondary N) is 1. The van der Waals surface area contributed by atoms with Gasteiger partial charge >= 0.3 is 0 Å². The van der Waals surface area contributed by atoms with Crippen LogP contribution in [0.2, 0.25) is 0 Å². The molecule has 0 aromatic heterocycles. The van der Waals surface area contributed by atoms with Crippen molar-refractivity contribution in [1.82, 2.24) is 4.90 Å². The molecule has 2 rings (SSSR count). The number of hydrogen-bond acceptors (Lipinski definition) is 3. The summed E-state index contributed by atoms with van der Waals surface area (Å²) in [6.45, 7) is 4.59. The Labute approximate surface area is 108 Å². The molecule has 0 amide bonds. The molecule has 3 N–H and O–H groups in total. The molecule has 1 aromatic rings. The number of rotatable bonds is 3. The van der Waals surface area contributed by atoms with E-state index < -0.39 is 0 Å². The molecule has 5 heteroatoms. The van der Waals surface area contributed by atoms with Crippen molar-refractivity contribution in [3.05, 3.63) is 29.8 Å². The van der Waals surface area contributed by atoms with E-state index in [2.05, 4.69) is 27.3 Å². The predicted molar refractivity (Wildman–Crippen MR) is 73.7 cm³/mol. The second-order valence-electron chi connectivity index (χ2n) is 4.32. The van der Waals surface area contributed by atoms with Gasteiger partial charge in [0.25, 0.3) is 0 Å². The second kappa shape index (κ2) is 6.37. The van der Waals surface area contributed by atoms with Crippen LogP contribution >= 0.6 is 0 Å². The van der Waals surface area contributed by atoms with Gasteiger partial charge < -0.3 is 15.8 Å². The highest BCUT2D eigenvalue weighted by Crippen LogP contribution is 2.13. The lowest BCUT2D eigenvalue weighted by molar-refractivity contribution is 0.0342. The minimum Gasteiger partial charge on any atom is -0.379 e. The number of nitrogens with zero attached hydrogens (tertiary/aromatic N) is 2. The van der Waals surface area contributed by atoms with E-state index in [1.807, 2.05) is 12.1 Å². The molecule has 98 valence electrons. The minimum absolute atomic E-state index is 0.429. The van der Waals surface area contributed by atoms with E-state index in [4.69, 9.17) is 10.5 Å². The number of ether oxygens (including phenoxy) is 1. The van der Waals surface area contributed by atoms with Gasteiger partial charge in [-0.25, -0.2) is 0 Å². The van der Waals surface area contributed by atoms with Crippen molar-refractivity contribution in [2.45, 2.75) is 6.54 Å². The summed E-state index contributed by atoms with van der Waals surface area (Å²) in [7, 11) is 1.67. The summed E-state index contributed by atoms with van der Waals surface area (Å²) >= 11 is 0. The van der Waals surface area contributed by atoms with E-state index >= 15 is 0 Å². The lowest BCUT2D eigenvalue weighted by atomic mass is 10.2. The normalized spacial score (nSPS) is 17.7. The summed E-state index contributed by atoms with van der Waals surface area (Å²) in [4.78, 5) is 6.27. The topological polar surface area (TPSA) is 62.9 Å². The van der Waals surface area contributed by atoms with Crippen LogP contribution in [0.4, 0.5) is 5.69 Å². The third-order valence-corrected chi connectivity index (χ3v) is 2.95. The Morgan fingerprint density at radius 3 is 2.94 bits per heavy atom. The van der Waals surface area contributed by atoms with Gasteiger partial charge in [0.2, 0.25) is 0 Å². The van der Waals surface area contributed by atoms with E-state index in [1.165, 1.54) is 5.56 Å². The molecule has 18 heavy (non-hydrogen) atoms. The van der Waals surface area contributed by atoms with Crippen molar-refractivity contribution in [2.75, 3.05) is 38.7 Å². The summed E-state index contributed by atoms with van der Waals surface area (Å²) in [5.41, 5.74) is 7.90. The van der Waals surface area contributed by atoms with E-state index in [-0.39, 0.29) is 0 Å². The lowest BCUT2D eigenvalue weighted by Crippen LogP contribution is -2.35. The Balaban J connectivity index is 1.98. The SMILES string of the molecule is CN=C(N)Nc1cccc(CN2CCOCC2)c1. The number of benzene rings is 1. The van der Waals surface area contributed by atoms with Gasteiger partial charge in [-0.1, -0.05) is 12.1 Å². The average molecular weight is 248 g/mol. The molecule has 1 aromatic carbocycles. The largest absolute Gasteiger partial charge is 0.379 e. The number of guanidine groups is 1. The van der Waals surface area contributed by atoms with Crippen molar-refractivity contribution >= 4 is 11.6 Å². The third kappa shape index (κ3) is 3.72. The standard InChI is InChI=1S/C13H20N4O/c1-15-13(14)16-12-4-2-3-11(9-12)10-17-5-7-18-8-6-17/h2-4,9H,5-8,10H2,1H3,(H3,14,15,16). The maximum atomic E-state index is 5.65. The number of morpholine rings is 1. The highest BCUT2D eigenvalue weighted by Gasteiger charge is 2.10. The average Bonchev–Trinajstić information content (AvgIpc) is 2.40. The Bertz CT molecular complexity index is 413. The molecule has 0 unspecified atom stereocenters. The monoisotopic (exact) mass is 248 g/mol. The van der Waals surface area contributed by atoms with Crippen LogP contribution in [0.5, 0.6) is 0 Å². The Hall–Kier alpha value is -1.59. The smallest absolute Gasteiger partial charge is 0.192 e. The molecule has 0 aliphatic carbocycles. The van der Waals surface area contributed by atoms with Gasteiger partial charge in [0.15, 0.2) is 5.96 Å². The van der Waals surface area contributed by atoms with E-state index in [9.17, 15) is 0 Å². The Kier molecular flexibility index (Phi) is 4.55. The van der Waals surface area contributed by atoms with Crippen molar-refractivity contribution in [1.29, 1.82) is 0 Å². The van der Waals surface area contributed by atoms with Crippen molar-refractivity contribution in [3.8, 4) is 0 Å². The van der Waals surface area contributed by atoms with E-state index in [0.717, 1.165) is 38.5 Å². The molecule has 0 bridgehead atoms. The second-order valence-corrected chi connectivity index (χ2v) is 4.32. The molecule has 1 fully saturated rings. The van der Waals surface area contributed by atoms with Gasteiger partial charge in [0.1, 0.15) is 0 Å². The third-order valence-electron chi connectivity index (χ3n) is 2.95. The maximum absolute atomic E-state index is 5.65. The first kappa shape index (κ1) is 12.9. The first-order valence-electron chi connectivity index (χ1n) is 6.16.